The average molecular weight is 378 g/mol. The lowest BCUT2D eigenvalue weighted by Gasteiger charge is -2.11. The predicted octanol–water partition coefficient (Wildman–Crippen LogP) is 4.73. The van der Waals surface area contributed by atoms with Gasteiger partial charge in [-0.2, -0.15) is 0 Å². The van der Waals surface area contributed by atoms with Gasteiger partial charge in [-0.05, 0) is 46.3 Å². The maximum atomic E-state index is 13.1. The molecule has 0 aromatic heterocycles. The van der Waals surface area contributed by atoms with Crippen LogP contribution < -0.4 is 11.1 Å². The summed E-state index contributed by atoms with van der Waals surface area (Å²) in [4.78, 5) is 12.2. The summed E-state index contributed by atoms with van der Waals surface area (Å²) in [7, 11) is 0. The van der Waals surface area contributed by atoms with Gasteiger partial charge in [-0.1, -0.05) is 23.2 Å². The number of nitrogens with two attached hydrogens (primary N) is 1. The number of halogens is 4. The summed E-state index contributed by atoms with van der Waals surface area (Å²) >= 11 is 15.0. The van der Waals surface area contributed by atoms with Crippen LogP contribution in [0.15, 0.2) is 34.8 Å². The van der Waals surface area contributed by atoms with Gasteiger partial charge in [-0.15, -0.1) is 0 Å². The van der Waals surface area contributed by atoms with Gasteiger partial charge in [0.25, 0.3) is 5.91 Å². The van der Waals surface area contributed by atoms with Crippen molar-refractivity contribution in [3.63, 3.8) is 0 Å². The van der Waals surface area contributed by atoms with Crippen LogP contribution >= 0.6 is 39.1 Å². The molecule has 0 spiro atoms. The lowest BCUT2D eigenvalue weighted by molar-refractivity contribution is 0.102. The fourth-order valence-corrected chi connectivity index (χ4v) is 2.66. The Morgan fingerprint density at radius 1 is 1.20 bits per heavy atom. The van der Waals surface area contributed by atoms with Crippen molar-refractivity contribution in [3.8, 4) is 0 Å². The van der Waals surface area contributed by atoms with Crippen LogP contribution in [0.2, 0.25) is 10.0 Å². The molecular weight excluding hydrogens is 370 g/mol. The van der Waals surface area contributed by atoms with Crippen molar-refractivity contribution < 1.29 is 9.18 Å². The Kier molecular flexibility index (Phi) is 4.52. The molecule has 0 aliphatic heterocycles. The third-order valence-corrected chi connectivity index (χ3v) is 3.73. The van der Waals surface area contributed by atoms with Crippen LogP contribution in [-0.2, 0) is 0 Å². The summed E-state index contributed by atoms with van der Waals surface area (Å²) < 4.78 is 13.5. The lowest BCUT2D eigenvalue weighted by Crippen LogP contribution is -2.13. The maximum Gasteiger partial charge on any atom is 0.257 e. The molecule has 3 N–H and O–H groups in total. The predicted molar refractivity (Wildman–Crippen MR) is 82.9 cm³/mol. The van der Waals surface area contributed by atoms with E-state index in [1.807, 2.05) is 0 Å². The van der Waals surface area contributed by atoms with E-state index in [4.69, 9.17) is 28.9 Å². The second kappa shape index (κ2) is 5.99. The summed E-state index contributed by atoms with van der Waals surface area (Å²) in [5.41, 5.74) is 6.49. The van der Waals surface area contributed by atoms with Crippen molar-refractivity contribution in [2.45, 2.75) is 0 Å². The average Bonchev–Trinajstić information content (AvgIpc) is 2.36. The Labute approximate surface area is 133 Å². The number of anilines is 2. The fourth-order valence-electron chi connectivity index (χ4n) is 1.56. The Balaban J connectivity index is 2.35. The van der Waals surface area contributed by atoms with Gasteiger partial charge in [-0.25, -0.2) is 4.39 Å². The molecule has 0 unspecified atom stereocenters. The highest BCUT2D eigenvalue weighted by Crippen LogP contribution is 2.32. The SMILES string of the molecule is Nc1ccc(Cl)c(C(=O)Nc2c(Cl)cc(F)cc2Br)c1. The van der Waals surface area contributed by atoms with Gasteiger partial charge >= 0.3 is 0 Å². The number of nitrogens with one attached hydrogen (secondary N) is 1. The first kappa shape index (κ1) is 15.1. The third-order valence-electron chi connectivity index (χ3n) is 2.48. The molecule has 7 heteroatoms. The molecule has 2 rings (SSSR count). The minimum absolute atomic E-state index is 0.0743. The van der Waals surface area contributed by atoms with Crippen LogP contribution in [0, 0.1) is 5.82 Å². The minimum Gasteiger partial charge on any atom is -0.399 e. The van der Waals surface area contributed by atoms with E-state index in [0.717, 1.165) is 6.07 Å². The van der Waals surface area contributed by atoms with Crippen molar-refractivity contribution >= 4 is 56.4 Å². The molecule has 0 radical (unpaired) electrons. The first-order chi connectivity index (χ1) is 9.38. The van der Waals surface area contributed by atoms with Crippen molar-refractivity contribution in [1.29, 1.82) is 0 Å². The summed E-state index contributed by atoms with van der Waals surface area (Å²) in [6.07, 6.45) is 0. The zero-order valence-corrected chi connectivity index (χ0v) is 13.0. The summed E-state index contributed by atoms with van der Waals surface area (Å²) in [6, 6.07) is 6.85. The van der Waals surface area contributed by atoms with Crippen molar-refractivity contribution in [2.24, 2.45) is 0 Å². The van der Waals surface area contributed by atoms with Gasteiger partial charge < -0.3 is 11.1 Å². The molecule has 20 heavy (non-hydrogen) atoms. The Hall–Kier alpha value is -1.30. The van der Waals surface area contributed by atoms with Gasteiger partial charge in [0.2, 0.25) is 0 Å². The number of carbonyl (C=O) groups is 1. The van der Waals surface area contributed by atoms with Crippen LogP contribution in [0.5, 0.6) is 0 Å². The van der Waals surface area contributed by atoms with E-state index in [-0.39, 0.29) is 21.3 Å². The number of carbonyl (C=O) groups excluding carboxylic acids is 1. The molecule has 3 nitrogen and oxygen atoms in total. The van der Waals surface area contributed by atoms with Gasteiger partial charge in [-0.3, -0.25) is 4.79 Å². The van der Waals surface area contributed by atoms with Crippen LogP contribution in [0.1, 0.15) is 10.4 Å². The normalized spacial score (nSPS) is 10.4. The molecule has 0 saturated heterocycles. The van der Waals surface area contributed by atoms with Crippen LogP contribution in [-0.4, -0.2) is 5.91 Å². The summed E-state index contributed by atoms with van der Waals surface area (Å²) in [5, 5.41) is 2.90. The van der Waals surface area contributed by atoms with E-state index in [0.29, 0.717) is 10.2 Å². The highest BCUT2D eigenvalue weighted by atomic mass is 79.9. The Bertz CT molecular complexity index is 671. The van der Waals surface area contributed by atoms with Gasteiger partial charge in [0.1, 0.15) is 5.82 Å². The molecule has 1 amide bonds. The number of nitrogen functional groups attached to an aromatic ring is 1. The van der Waals surface area contributed by atoms with Crippen molar-refractivity contribution in [1.82, 2.24) is 0 Å². The molecule has 0 aliphatic rings. The molecule has 0 saturated carbocycles. The van der Waals surface area contributed by atoms with Crippen molar-refractivity contribution in [3.05, 3.63) is 56.2 Å². The topological polar surface area (TPSA) is 55.1 Å². The standard InChI is InChI=1S/C13H8BrCl2FN2O/c14-9-3-6(17)4-11(16)12(9)19-13(20)8-5-7(18)1-2-10(8)15/h1-5H,18H2,(H,19,20). The van der Waals surface area contributed by atoms with E-state index in [9.17, 15) is 9.18 Å². The van der Waals surface area contributed by atoms with E-state index >= 15 is 0 Å². The maximum absolute atomic E-state index is 13.1. The highest BCUT2D eigenvalue weighted by Gasteiger charge is 2.15. The number of amides is 1. The van der Waals surface area contributed by atoms with Gasteiger partial charge in [0.05, 0.1) is 21.3 Å². The van der Waals surface area contributed by atoms with Crippen LogP contribution in [0.25, 0.3) is 0 Å². The molecule has 2 aromatic rings. The zero-order chi connectivity index (χ0) is 14.9. The monoisotopic (exact) mass is 376 g/mol. The van der Waals surface area contributed by atoms with Crippen molar-refractivity contribution in [2.75, 3.05) is 11.1 Å². The molecule has 104 valence electrons. The van der Waals surface area contributed by atoms with E-state index in [1.165, 1.54) is 18.2 Å². The van der Waals surface area contributed by atoms with E-state index in [2.05, 4.69) is 21.2 Å². The second-order valence-electron chi connectivity index (χ2n) is 3.94. The molecular formula is C13H8BrCl2FN2O. The smallest absolute Gasteiger partial charge is 0.257 e. The first-order valence-corrected chi connectivity index (χ1v) is 6.94. The molecule has 0 atom stereocenters. The molecule has 0 aliphatic carbocycles. The first-order valence-electron chi connectivity index (χ1n) is 5.39. The Morgan fingerprint density at radius 2 is 1.90 bits per heavy atom. The van der Waals surface area contributed by atoms with E-state index in [1.54, 1.807) is 6.07 Å². The number of benzene rings is 2. The number of hydrogen-bond donors (Lipinski definition) is 2. The Morgan fingerprint density at radius 3 is 2.55 bits per heavy atom. The number of hydrogen-bond acceptors (Lipinski definition) is 2. The highest BCUT2D eigenvalue weighted by molar-refractivity contribution is 9.10. The fraction of sp³-hybridized carbons (Fsp3) is 0. The zero-order valence-electron chi connectivity index (χ0n) is 9.88. The van der Waals surface area contributed by atoms with E-state index < -0.39 is 11.7 Å². The third kappa shape index (κ3) is 3.23. The molecule has 0 fully saturated rings. The van der Waals surface area contributed by atoms with Crippen LogP contribution in [0.3, 0.4) is 0 Å². The quantitative estimate of drug-likeness (QED) is 0.743. The van der Waals surface area contributed by atoms with Crippen LogP contribution in [0.4, 0.5) is 15.8 Å². The van der Waals surface area contributed by atoms with Gasteiger partial charge in [0, 0.05) is 10.2 Å². The second-order valence-corrected chi connectivity index (χ2v) is 5.61. The largest absolute Gasteiger partial charge is 0.399 e. The summed E-state index contributed by atoms with van der Waals surface area (Å²) in [6.45, 7) is 0. The molecule has 0 bridgehead atoms. The molecule has 0 heterocycles. The summed E-state index contributed by atoms with van der Waals surface area (Å²) in [5.74, 6) is -1.00. The minimum atomic E-state index is -0.512. The number of rotatable bonds is 2. The molecule has 2 aromatic carbocycles. The van der Waals surface area contributed by atoms with Gasteiger partial charge in [0.15, 0.2) is 0 Å². The lowest BCUT2D eigenvalue weighted by atomic mass is 10.2.